The predicted molar refractivity (Wildman–Crippen MR) is 102 cm³/mol. The van der Waals surface area contributed by atoms with Crippen LogP contribution >= 0.6 is 0 Å². The number of aliphatic imine (C=N–C) groups is 1. The Hall–Kier alpha value is -2.53. The van der Waals surface area contributed by atoms with Crippen LogP contribution in [0.1, 0.15) is 16.1 Å². The van der Waals surface area contributed by atoms with Gasteiger partial charge < -0.3 is 10.1 Å². The lowest BCUT2D eigenvalue weighted by atomic mass is 10.1. The maximum absolute atomic E-state index is 12.7. The molecule has 13 heteroatoms. The SMILES string of the molecule is O=C1C(c2[nH]c3ccc(S(=O)(=O)O)cc3c2O)=Nc2ccc(S(=O)(=O)O)cc21.[Al]. The summed E-state index contributed by atoms with van der Waals surface area (Å²) in [6.07, 6.45) is 0. The van der Waals surface area contributed by atoms with Gasteiger partial charge in [-0.2, -0.15) is 16.8 Å². The fraction of sp³-hybridized carbons (Fsp3) is 0. The molecule has 4 N–H and O–H groups in total. The molecule has 0 amide bonds. The number of hydrogen-bond acceptors (Lipinski definition) is 7. The van der Waals surface area contributed by atoms with E-state index < -0.39 is 41.6 Å². The van der Waals surface area contributed by atoms with E-state index in [2.05, 4.69) is 9.98 Å². The molecule has 10 nitrogen and oxygen atoms in total. The van der Waals surface area contributed by atoms with E-state index in [-0.39, 0.29) is 50.9 Å². The molecule has 1 aliphatic rings. The average molecular weight is 449 g/mol. The number of nitrogens with zero attached hydrogens (tertiary/aromatic N) is 1. The third-order valence-electron chi connectivity index (χ3n) is 4.24. The summed E-state index contributed by atoms with van der Waals surface area (Å²) in [6.45, 7) is 0. The van der Waals surface area contributed by atoms with Crippen LogP contribution in [-0.4, -0.2) is 64.9 Å². The van der Waals surface area contributed by atoms with E-state index in [1.54, 1.807) is 0 Å². The largest absolute Gasteiger partial charge is 0.505 e. The molecule has 0 atom stereocenters. The zero-order valence-electron chi connectivity index (χ0n) is 14.2. The summed E-state index contributed by atoms with van der Waals surface area (Å²) in [5.74, 6) is -1.16. The molecule has 0 saturated carbocycles. The molecule has 3 radical (unpaired) electrons. The Labute approximate surface area is 174 Å². The first-order valence-electron chi connectivity index (χ1n) is 7.54. The third kappa shape index (κ3) is 3.48. The van der Waals surface area contributed by atoms with Gasteiger partial charge in [0, 0.05) is 28.3 Å². The van der Waals surface area contributed by atoms with Crippen LogP contribution in [0.5, 0.6) is 5.75 Å². The number of aromatic nitrogens is 1. The highest BCUT2D eigenvalue weighted by atomic mass is 32.2. The van der Waals surface area contributed by atoms with Gasteiger partial charge in [-0.3, -0.25) is 13.9 Å². The first-order valence-corrected chi connectivity index (χ1v) is 10.4. The van der Waals surface area contributed by atoms with Gasteiger partial charge in [-0.15, -0.1) is 0 Å². The van der Waals surface area contributed by atoms with Crippen molar-refractivity contribution in [2.24, 2.45) is 4.99 Å². The van der Waals surface area contributed by atoms with Crippen molar-refractivity contribution >= 4 is 65.7 Å². The van der Waals surface area contributed by atoms with Gasteiger partial charge in [-0.05, 0) is 36.4 Å². The molecule has 3 aromatic rings. The Bertz CT molecular complexity index is 1440. The van der Waals surface area contributed by atoms with Crippen molar-refractivity contribution in [2.45, 2.75) is 9.79 Å². The first kappa shape index (κ1) is 21.2. The van der Waals surface area contributed by atoms with Crippen LogP contribution in [0.15, 0.2) is 51.2 Å². The van der Waals surface area contributed by atoms with Gasteiger partial charge in [0.25, 0.3) is 20.2 Å². The highest BCUT2D eigenvalue weighted by Gasteiger charge is 2.31. The molecule has 2 aromatic carbocycles. The van der Waals surface area contributed by atoms with Gasteiger partial charge in [0.2, 0.25) is 5.78 Å². The number of carbonyl (C=O) groups is 1. The number of Topliss-reactive ketones (excluding diaryl/α,β-unsaturated/α-hetero) is 1. The van der Waals surface area contributed by atoms with E-state index in [9.17, 15) is 26.7 Å². The van der Waals surface area contributed by atoms with Crippen molar-refractivity contribution in [3.8, 4) is 5.75 Å². The van der Waals surface area contributed by atoms with Crippen molar-refractivity contribution in [3.63, 3.8) is 0 Å². The minimum atomic E-state index is -4.52. The predicted octanol–water partition coefficient (Wildman–Crippen LogP) is 1.30. The number of aromatic amines is 1. The maximum Gasteiger partial charge on any atom is 0.294 e. The van der Waals surface area contributed by atoms with Gasteiger partial charge in [-0.1, -0.05) is 0 Å². The van der Waals surface area contributed by atoms with Gasteiger partial charge in [0.05, 0.1) is 21.0 Å². The van der Waals surface area contributed by atoms with Crippen molar-refractivity contribution < 1.29 is 35.8 Å². The Morgan fingerprint density at radius 2 is 1.48 bits per heavy atom. The maximum atomic E-state index is 12.7. The van der Waals surface area contributed by atoms with Gasteiger partial charge in [0.15, 0.2) is 5.75 Å². The molecule has 4 rings (SSSR count). The molecule has 1 aromatic heterocycles. The number of nitrogens with one attached hydrogen (secondary N) is 1. The molecule has 1 aliphatic heterocycles. The quantitative estimate of drug-likeness (QED) is 0.342. The lowest BCUT2D eigenvalue weighted by molar-refractivity contribution is 0.106. The number of hydrogen-bond donors (Lipinski definition) is 4. The first-order chi connectivity index (χ1) is 13.0. The van der Waals surface area contributed by atoms with E-state index in [0.29, 0.717) is 0 Å². The van der Waals surface area contributed by atoms with Gasteiger partial charge in [-0.25, -0.2) is 4.99 Å². The molecular formula is C16H10AlN2O8S2. The molecule has 0 unspecified atom stereocenters. The number of benzene rings is 2. The lowest BCUT2D eigenvalue weighted by Crippen LogP contribution is -2.12. The van der Waals surface area contributed by atoms with Crippen LogP contribution in [0, 0.1) is 0 Å². The molecule has 0 aliphatic carbocycles. The monoisotopic (exact) mass is 449 g/mol. The van der Waals surface area contributed by atoms with Crippen LogP contribution in [0.3, 0.4) is 0 Å². The smallest absolute Gasteiger partial charge is 0.294 e. The normalized spacial score (nSPS) is 13.9. The minimum absolute atomic E-state index is 0. The fourth-order valence-electron chi connectivity index (χ4n) is 2.91. The standard InChI is InChI=1S/C16H10N2O8S2.Al/c19-15-9-5-7(27(21,22)23)1-3-11(9)17-13(15)14-16(20)10-6-8(28(24,25)26)2-4-12(10)18-14;/h1-6,17,19H,(H,21,22,23)(H,24,25,26);. The summed E-state index contributed by atoms with van der Waals surface area (Å²) in [6, 6.07) is 6.73. The second kappa shape index (κ2) is 6.77. The number of ketones is 1. The molecule has 2 heterocycles. The Morgan fingerprint density at radius 1 is 0.897 bits per heavy atom. The van der Waals surface area contributed by atoms with Crippen LogP contribution in [0.4, 0.5) is 5.69 Å². The average Bonchev–Trinajstić information content (AvgIpc) is 3.10. The number of carbonyl (C=O) groups excluding carboxylic acids is 1. The molecule has 0 saturated heterocycles. The summed E-state index contributed by atoms with van der Waals surface area (Å²) in [4.78, 5) is 18.6. The van der Waals surface area contributed by atoms with Crippen molar-refractivity contribution in [2.75, 3.05) is 0 Å². The lowest BCUT2D eigenvalue weighted by Gasteiger charge is -2.00. The van der Waals surface area contributed by atoms with Gasteiger partial charge >= 0.3 is 0 Å². The van der Waals surface area contributed by atoms with Crippen LogP contribution in [0.25, 0.3) is 10.9 Å². The summed E-state index contributed by atoms with van der Waals surface area (Å²) >= 11 is 0. The number of aromatic hydroxyl groups is 1. The van der Waals surface area contributed by atoms with Crippen molar-refractivity contribution in [1.29, 1.82) is 0 Å². The van der Waals surface area contributed by atoms with Crippen molar-refractivity contribution in [1.82, 2.24) is 4.98 Å². The number of rotatable bonds is 3. The zero-order valence-corrected chi connectivity index (χ0v) is 17.0. The molecule has 0 bridgehead atoms. The molecule has 147 valence electrons. The van der Waals surface area contributed by atoms with Crippen LogP contribution in [-0.2, 0) is 20.2 Å². The number of fused-ring (bicyclic) bond motifs is 2. The summed E-state index contributed by atoms with van der Waals surface area (Å²) in [5.41, 5.74) is 0.0255. The molecule has 0 fully saturated rings. The van der Waals surface area contributed by atoms with E-state index in [4.69, 9.17) is 9.11 Å². The topological polar surface area (TPSA) is 174 Å². The highest BCUT2D eigenvalue weighted by molar-refractivity contribution is 7.86. The molecule has 0 spiro atoms. The fourth-order valence-corrected chi connectivity index (χ4v) is 3.93. The third-order valence-corrected chi connectivity index (χ3v) is 5.93. The number of H-pyrrole nitrogens is 1. The van der Waals surface area contributed by atoms with E-state index in [1.807, 2.05) is 0 Å². The minimum Gasteiger partial charge on any atom is -0.505 e. The van der Waals surface area contributed by atoms with Gasteiger partial charge in [0.1, 0.15) is 11.4 Å². The summed E-state index contributed by atoms with van der Waals surface area (Å²) in [5, 5.41) is 10.5. The Balaban J connectivity index is 0.00000240. The highest BCUT2D eigenvalue weighted by Crippen LogP contribution is 2.36. The van der Waals surface area contributed by atoms with Crippen LogP contribution in [0.2, 0.25) is 0 Å². The molecule has 29 heavy (non-hydrogen) atoms. The second-order valence-corrected chi connectivity index (χ2v) is 8.82. The second-order valence-electron chi connectivity index (χ2n) is 5.97. The molecular weight excluding hydrogens is 439 g/mol. The van der Waals surface area contributed by atoms with Crippen molar-refractivity contribution in [3.05, 3.63) is 47.7 Å². The van der Waals surface area contributed by atoms with E-state index in [0.717, 1.165) is 24.3 Å². The Morgan fingerprint density at radius 3 is 2.10 bits per heavy atom. The zero-order chi connectivity index (χ0) is 20.4. The summed E-state index contributed by atoms with van der Waals surface area (Å²) < 4.78 is 63.4. The van der Waals surface area contributed by atoms with E-state index in [1.165, 1.54) is 12.1 Å². The van der Waals surface area contributed by atoms with E-state index >= 15 is 0 Å². The summed E-state index contributed by atoms with van der Waals surface area (Å²) in [7, 11) is -9.02. The Kier molecular flexibility index (Phi) is 4.95. The van der Waals surface area contributed by atoms with Crippen LogP contribution < -0.4 is 0 Å².